The van der Waals surface area contributed by atoms with Gasteiger partial charge in [0.2, 0.25) is 0 Å². The van der Waals surface area contributed by atoms with Crippen molar-refractivity contribution in [3.8, 4) is 0 Å². The van der Waals surface area contributed by atoms with Crippen LogP contribution in [0.2, 0.25) is 0 Å². The predicted molar refractivity (Wildman–Crippen MR) is 57.1 cm³/mol. The summed E-state index contributed by atoms with van der Waals surface area (Å²) in [5, 5.41) is 0. The second kappa shape index (κ2) is 3.66. The summed E-state index contributed by atoms with van der Waals surface area (Å²) >= 11 is 0. The van der Waals surface area contributed by atoms with Crippen LogP contribution in [0.25, 0.3) is 0 Å². The highest BCUT2D eigenvalue weighted by Gasteiger charge is 2.63. The lowest BCUT2D eigenvalue weighted by Gasteiger charge is -2.24. The normalized spacial score (nSPS) is 43.1. The molecule has 0 amide bonds. The summed E-state index contributed by atoms with van der Waals surface area (Å²) in [6, 6.07) is 0. The van der Waals surface area contributed by atoms with Crippen molar-refractivity contribution in [3.05, 3.63) is 0 Å². The Morgan fingerprint density at radius 2 is 2.24 bits per heavy atom. The molecule has 1 saturated heterocycles. The van der Waals surface area contributed by atoms with Crippen molar-refractivity contribution in [1.82, 2.24) is 4.72 Å². The SMILES string of the molecule is CCNS(=O)(=O)OC1C2CC3C(=O)OC1C3C2. The second-order valence-corrected chi connectivity index (χ2v) is 6.31. The van der Waals surface area contributed by atoms with Gasteiger partial charge >= 0.3 is 16.3 Å². The highest BCUT2D eigenvalue weighted by atomic mass is 32.2. The van der Waals surface area contributed by atoms with Crippen LogP contribution in [0.15, 0.2) is 0 Å². The summed E-state index contributed by atoms with van der Waals surface area (Å²) in [6.45, 7) is 1.98. The molecule has 2 aliphatic carbocycles. The van der Waals surface area contributed by atoms with E-state index in [0.29, 0.717) is 6.42 Å². The number of ether oxygens (including phenoxy) is 1. The van der Waals surface area contributed by atoms with Crippen LogP contribution in [-0.2, 0) is 24.0 Å². The van der Waals surface area contributed by atoms with E-state index in [0.717, 1.165) is 6.42 Å². The number of carbonyl (C=O) groups is 1. The van der Waals surface area contributed by atoms with Crippen LogP contribution < -0.4 is 4.72 Å². The van der Waals surface area contributed by atoms with Crippen LogP contribution >= 0.6 is 0 Å². The molecule has 3 rings (SSSR count). The summed E-state index contributed by atoms with van der Waals surface area (Å²) in [4.78, 5) is 11.5. The van der Waals surface area contributed by atoms with Crippen molar-refractivity contribution in [2.45, 2.75) is 32.0 Å². The third kappa shape index (κ3) is 1.68. The first-order valence-electron chi connectivity index (χ1n) is 5.90. The van der Waals surface area contributed by atoms with Gasteiger partial charge in [-0.05, 0) is 18.8 Å². The summed E-state index contributed by atoms with van der Waals surface area (Å²) in [5.74, 6) is 0.0883. The van der Waals surface area contributed by atoms with Crippen molar-refractivity contribution in [1.29, 1.82) is 0 Å². The van der Waals surface area contributed by atoms with Crippen molar-refractivity contribution < 1.29 is 22.1 Å². The van der Waals surface area contributed by atoms with Crippen molar-refractivity contribution >= 4 is 16.3 Å². The molecule has 0 aromatic carbocycles. The van der Waals surface area contributed by atoms with Crippen LogP contribution in [0, 0.1) is 17.8 Å². The Hall–Kier alpha value is -0.660. The molecule has 1 heterocycles. The zero-order chi connectivity index (χ0) is 12.2. The predicted octanol–water partition coefficient (Wildman–Crippen LogP) is -0.193. The maximum atomic E-state index is 11.5. The lowest BCUT2D eigenvalue weighted by molar-refractivity contribution is -0.145. The van der Waals surface area contributed by atoms with Gasteiger partial charge in [-0.1, -0.05) is 6.92 Å². The molecule has 2 bridgehead atoms. The molecule has 7 heteroatoms. The first-order chi connectivity index (χ1) is 8.02. The van der Waals surface area contributed by atoms with Gasteiger partial charge in [-0.15, -0.1) is 0 Å². The standard InChI is InChI=1S/C10H15NO5S/c1-2-11-17(13,14)16-8-5-3-6-7(4-5)10(12)15-9(6)8/h5-9,11H,2-4H2,1H3. The van der Waals surface area contributed by atoms with E-state index < -0.39 is 16.4 Å². The smallest absolute Gasteiger partial charge is 0.336 e. The zero-order valence-electron chi connectivity index (χ0n) is 9.46. The summed E-state index contributed by atoms with van der Waals surface area (Å²) in [7, 11) is -3.72. The molecular formula is C10H15NO5S. The molecule has 3 fully saturated rings. The summed E-state index contributed by atoms with van der Waals surface area (Å²) < 4.78 is 35.7. The molecule has 17 heavy (non-hydrogen) atoms. The summed E-state index contributed by atoms with van der Waals surface area (Å²) in [5.41, 5.74) is 0. The Labute approximate surface area is 99.9 Å². The van der Waals surface area contributed by atoms with Gasteiger partial charge in [0, 0.05) is 12.5 Å². The molecule has 5 unspecified atom stereocenters. The number of hydrogen-bond donors (Lipinski definition) is 1. The molecule has 1 N–H and O–H groups in total. The molecule has 3 aliphatic rings. The third-order valence-electron chi connectivity index (χ3n) is 3.97. The molecule has 96 valence electrons. The monoisotopic (exact) mass is 261 g/mol. The number of nitrogens with one attached hydrogen (secondary N) is 1. The Balaban J connectivity index is 1.77. The minimum atomic E-state index is -3.72. The van der Waals surface area contributed by atoms with E-state index in [1.807, 2.05) is 0 Å². The molecule has 0 aromatic rings. The number of esters is 1. The topological polar surface area (TPSA) is 81.7 Å². The van der Waals surface area contributed by atoms with E-state index in [9.17, 15) is 13.2 Å². The summed E-state index contributed by atoms with van der Waals surface area (Å²) in [6.07, 6.45) is 0.686. The molecular weight excluding hydrogens is 246 g/mol. The quantitative estimate of drug-likeness (QED) is 0.709. The van der Waals surface area contributed by atoms with Crippen LogP contribution in [0.1, 0.15) is 19.8 Å². The Kier molecular flexibility index (Phi) is 2.46. The third-order valence-corrected chi connectivity index (χ3v) is 5.09. The van der Waals surface area contributed by atoms with E-state index in [4.69, 9.17) is 8.92 Å². The number of hydrogen-bond acceptors (Lipinski definition) is 5. The molecule has 2 saturated carbocycles. The van der Waals surface area contributed by atoms with Crippen molar-refractivity contribution in [2.24, 2.45) is 17.8 Å². The van der Waals surface area contributed by atoms with Gasteiger partial charge in [0.15, 0.2) is 0 Å². The van der Waals surface area contributed by atoms with Crippen LogP contribution in [0.5, 0.6) is 0 Å². The van der Waals surface area contributed by atoms with Gasteiger partial charge in [-0.2, -0.15) is 13.1 Å². The number of fused-ring (bicyclic) bond motifs is 1. The van der Waals surface area contributed by atoms with Crippen molar-refractivity contribution in [3.63, 3.8) is 0 Å². The molecule has 5 atom stereocenters. The van der Waals surface area contributed by atoms with Gasteiger partial charge in [0.05, 0.1) is 5.92 Å². The largest absolute Gasteiger partial charge is 0.459 e. The van der Waals surface area contributed by atoms with Crippen molar-refractivity contribution in [2.75, 3.05) is 6.54 Å². The minimum Gasteiger partial charge on any atom is -0.459 e. The zero-order valence-corrected chi connectivity index (χ0v) is 10.3. The highest BCUT2D eigenvalue weighted by Crippen LogP contribution is 2.55. The second-order valence-electron chi connectivity index (χ2n) is 4.92. The van der Waals surface area contributed by atoms with Gasteiger partial charge in [0.1, 0.15) is 12.2 Å². The minimum absolute atomic E-state index is 0.0216. The fourth-order valence-corrected chi connectivity index (χ4v) is 4.37. The van der Waals surface area contributed by atoms with Gasteiger partial charge < -0.3 is 4.74 Å². The number of rotatable bonds is 4. The van der Waals surface area contributed by atoms with E-state index in [1.165, 1.54) is 0 Å². The molecule has 0 spiro atoms. The number of carbonyl (C=O) groups excluding carboxylic acids is 1. The van der Waals surface area contributed by atoms with E-state index >= 15 is 0 Å². The van der Waals surface area contributed by atoms with E-state index in [2.05, 4.69) is 4.72 Å². The molecule has 6 nitrogen and oxygen atoms in total. The fourth-order valence-electron chi connectivity index (χ4n) is 3.39. The molecule has 0 aromatic heterocycles. The Morgan fingerprint density at radius 1 is 1.47 bits per heavy atom. The lowest BCUT2D eigenvalue weighted by atomic mass is 9.88. The average molecular weight is 261 g/mol. The van der Waals surface area contributed by atoms with Crippen LogP contribution in [0.3, 0.4) is 0 Å². The lowest BCUT2D eigenvalue weighted by Crippen LogP contribution is -2.39. The Bertz CT molecular complexity index is 448. The maximum Gasteiger partial charge on any atom is 0.336 e. The van der Waals surface area contributed by atoms with Gasteiger partial charge in [-0.25, -0.2) is 0 Å². The first kappa shape index (κ1) is 11.4. The van der Waals surface area contributed by atoms with E-state index in [-0.39, 0.29) is 36.4 Å². The first-order valence-corrected chi connectivity index (χ1v) is 7.31. The van der Waals surface area contributed by atoms with Gasteiger partial charge in [0.25, 0.3) is 0 Å². The average Bonchev–Trinajstić information content (AvgIpc) is 2.82. The maximum absolute atomic E-state index is 11.5. The Morgan fingerprint density at radius 3 is 2.94 bits per heavy atom. The van der Waals surface area contributed by atoms with Crippen LogP contribution in [-0.4, -0.2) is 33.1 Å². The highest BCUT2D eigenvalue weighted by molar-refractivity contribution is 7.84. The van der Waals surface area contributed by atoms with Gasteiger partial charge in [-0.3, -0.25) is 8.98 Å². The molecule has 1 aliphatic heterocycles. The van der Waals surface area contributed by atoms with Crippen LogP contribution in [0.4, 0.5) is 0 Å². The molecule has 0 radical (unpaired) electrons. The van der Waals surface area contributed by atoms with E-state index in [1.54, 1.807) is 6.92 Å². The fraction of sp³-hybridized carbons (Fsp3) is 0.900.